The number of benzene rings is 2. The van der Waals surface area contributed by atoms with Crippen LogP contribution in [-0.4, -0.2) is 44.7 Å². The quantitative estimate of drug-likeness (QED) is 0.440. The topological polar surface area (TPSA) is 144 Å². The van der Waals surface area contributed by atoms with E-state index in [9.17, 15) is 38.2 Å². The monoisotopic (exact) mass is 515 g/mol. The number of allylic oxidation sites excluding steroid dienone is 1. The molecule has 0 aliphatic carbocycles. The van der Waals surface area contributed by atoms with Gasteiger partial charge in [-0.05, 0) is 48.4 Å². The van der Waals surface area contributed by atoms with Gasteiger partial charge in [0.25, 0.3) is 0 Å². The number of esters is 1. The highest BCUT2D eigenvalue weighted by atomic mass is 19.4. The molecule has 2 atom stereocenters. The first kappa shape index (κ1) is 25.7. The highest BCUT2D eigenvalue weighted by molar-refractivity contribution is 5.93. The van der Waals surface area contributed by atoms with E-state index >= 15 is 0 Å². The Morgan fingerprint density at radius 2 is 2.03 bits per heavy atom. The molecule has 2 aromatic carbocycles. The maximum Gasteiger partial charge on any atom is 0.416 e. The van der Waals surface area contributed by atoms with Crippen LogP contribution >= 0.6 is 0 Å². The van der Waals surface area contributed by atoms with Gasteiger partial charge >= 0.3 is 17.8 Å². The van der Waals surface area contributed by atoms with E-state index < -0.39 is 42.2 Å². The number of hydrogen-bond donors (Lipinski definition) is 3. The van der Waals surface area contributed by atoms with Crippen LogP contribution in [0.1, 0.15) is 41.3 Å². The number of nitriles is 1. The third-order valence-corrected chi connectivity index (χ3v) is 6.02. The number of nitrogens with zero attached hydrogens (tertiary/aromatic N) is 4. The van der Waals surface area contributed by atoms with Crippen LogP contribution in [0.5, 0.6) is 0 Å². The van der Waals surface area contributed by atoms with Crippen molar-refractivity contribution in [3.05, 3.63) is 86.5 Å². The molecule has 0 fully saturated rings. The molecule has 0 bridgehead atoms. The van der Waals surface area contributed by atoms with Gasteiger partial charge in [0.1, 0.15) is 12.1 Å². The Kier molecular flexibility index (Phi) is 6.64. The lowest BCUT2D eigenvalue weighted by molar-refractivity contribution is -0.138. The number of hydrogen-bond acceptors (Lipinski definition) is 8. The number of ether oxygens (including phenoxy) is 1. The van der Waals surface area contributed by atoms with Crippen LogP contribution in [0.3, 0.4) is 0 Å². The number of carbonyl (C=O) groups is 1. The van der Waals surface area contributed by atoms with Crippen molar-refractivity contribution in [1.82, 2.24) is 14.8 Å². The minimum absolute atomic E-state index is 0.0251. The van der Waals surface area contributed by atoms with Gasteiger partial charge in [-0.15, -0.1) is 5.10 Å². The smallest absolute Gasteiger partial charge is 0.416 e. The Morgan fingerprint density at radius 3 is 2.65 bits per heavy atom. The lowest BCUT2D eigenvalue weighted by Gasteiger charge is -2.36. The Hall–Kier alpha value is -4.41. The molecule has 1 aliphatic heterocycles. The number of anilines is 2. The minimum atomic E-state index is -4.65. The molecule has 0 amide bonds. The second-order valence-electron chi connectivity index (χ2n) is 8.13. The second kappa shape index (κ2) is 9.57. The standard InChI is InChI=1S/C24H20F3N5O5/c1-12-19(21(35)37-2)20(16-7-6-13(10-28)8-17(16)18(34)11-33)32-22(29-30-23(32)36)31(12)15-5-3-4-14(9-15)24(25,26)27/h3-9,18,20,33-34H,11H2,1-2H3,(H,30,36)/t18?,20-/m1/s1. The first-order chi connectivity index (χ1) is 17.5. The molecule has 0 radical (unpaired) electrons. The van der Waals surface area contributed by atoms with Gasteiger partial charge in [-0.1, -0.05) is 12.1 Å². The molecule has 0 saturated carbocycles. The number of alkyl halides is 3. The molecule has 192 valence electrons. The fraction of sp³-hybridized carbons (Fsp3) is 0.250. The predicted molar refractivity (Wildman–Crippen MR) is 122 cm³/mol. The van der Waals surface area contributed by atoms with Gasteiger partial charge in [-0.2, -0.15) is 18.4 Å². The zero-order valence-corrected chi connectivity index (χ0v) is 19.4. The zero-order valence-electron chi connectivity index (χ0n) is 19.4. The molecule has 37 heavy (non-hydrogen) atoms. The average Bonchev–Trinajstić information content (AvgIpc) is 3.26. The van der Waals surface area contributed by atoms with E-state index in [1.54, 1.807) is 0 Å². The Balaban J connectivity index is 2.05. The zero-order chi connectivity index (χ0) is 27.1. The van der Waals surface area contributed by atoms with Crippen molar-refractivity contribution in [3.63, 3.8) is 0 Å². The summed E-state index contributed by atoms with van der Waals surface area (Å²) < 4.78 is 46.3. The van der Waals surface area contributed by atoms with E-state index in [0.29, 0.717) is 0 Å². The number of aromatic nitrogens is 3. The van der Waals surface area contributed by atoms with Crippen LogP contribution in [0.4, 0.5) is 24.8 Å². The molecule has 3 N–H and O–H groups in total. The summed E-state index contributed by atoms with van der Waals surface area (Å²) in [6, 6.07) is 9.05. The van der Waals surface area contributed by atoms with Crippen molar-refractivity contribution in [1.29, 1.82) is 5.26 Å². The van der Waals surface area contributed by atoms with Gasteiger partial charge in [-0.3, -0.25) is 4.90 Å². The van der Waals surface area contributed by atoms with Crippen LogP contribution < -0.4 is 10.6 Å². The summed E-state index contributed by atoms with van der Waals surface area (Å²) in [6.45, 7) is 0.725. The minimum Gasteiger partial charge on any atom is -0.466 e. The molecule has 10 nitrogen and oxygen atoms in total. The number of halogens is 3. The maximum atomic E-state index is 13.4. The first-order valence-electron chi connectivity index (χ1n) is 10.8. The molecular formula is C24H20F3N5O5. The third kappa shape index (κ3) is 4.37. The fourth-order valence-electron chi connectivity index (χ4n) is 4.36. The summed E-state index contributed by atoms with van der Waals surface area (Å²) in [4.78, 5) is 27.3. The lowest BCUT2D eigenvalue weighted by atomic mass is 9.88. The van der Waals surface area contributed by atoms with Gasteiger partial charge in [0.15, 0.2) is 0 Å². The van der Waals surface area contributed by atoms with Gasteiger partial charge in [0.05, 0.1) is 36.5 Å². The van der Waals surface area contributed by atoms with Crippen molar-refractivity contribution >= 4 is 17.6 Å². The Bertz CT molecular complexity index is 1500. The summed E-state index contributed by atoms with van der Waals surface area (Å²) in [5.74, 6) is -1.03. The number of nitrogens with one attached hydrogen (secondary N) is 1. The van der Waals surface area contributed by atoms with E-state index in [4.69, 9.17) is 4.74 Å². The summed E-state index contributed by atoms with van der Waals surface area (Å²) in [5, 5.41) is 35.7. The van der Waals surface area contributed by atoms with E-state index in [1.807, 2.05) is 6.07 Å². The van der Waals surface area contributed by atoms with Crippen molar-refractivity contribution in [2.75, 3.05) is 18.6 Å². The van der Waals surface area contributed by atoms with E-state index in [1.165, 1.54) is 42.2 Å². The van der Waals surface area contributed by atoms with Crippen molar-refractivity contribution in [2.45, 2.75) is 25.2 Å². The number of carbonyl (C=O) groups excluding carboxylic acids is 1. The normalized spacial score (nSPS) is 16.3. The molecule has 1 aromatic heterocycles. The van der Waals surface area contributed by atoms with Crippen LogP contribution in [0.2, 0.25) is 0 Å². The molecule has 1 aliphatic rings. The van der Waals surface area contributed by atoms with Gasteiger partial charge < -0.3 is 14.9 Å². The number of aliphatic hydroxyl groups excluding tert-OH is 2. The van der Waals surface area contributed by atoms with Crippen molar-refractivity contribution in [3.8, 4) is 6.07 Å². The number of methoxy groups -OCH3 is 1. The summed E-state index contributed by atoms with van der Waals surface area (Å²) >= 11 is 0. The number of rotatable bonds is 5. The molecule has 0 saturated heterocycles. The number of fused-ring (bicyclic) bond motifs is 1. The van der Waals surface area contributed by atoms with E-state index in [2.05, 4.69) is 10.2 Å². The second-order valence-corrected chi connectivity index (χ2v) is 8.13. The summed E-state index contributed by atoms with van der Waals surface area (Å²) in [6.07, 6.45) is -6.13. The largest absolute Gasteiger partial charge is 0.466 e. The van der Waals surface area contributed by atoms with E-state index in [0.717, 1.165) is 23.8 Å². The third-order valence-electron chi connectivity index (χ3n) is 6.02. The van der Waals surface area contributed by atoms with Gasteiger partial charge in [0.2, 0.25) is 5.95 Å². The molecular weight excluding hydrogens is 495 g/mol. The lowest BCUT2D eigenvalue weighted by Crippen LogP contribution is -2.38. The number of aromatic amines is 1. The first-order valence-corrected chi connectivity index (χ1v) is 10.8. The maximum absolute atomic E-state index is 13.4. The van der Waals surface area contributed by atoms with Crippen LogP contribution in [0.25, 0.3) is 0 Å². The summed E-state index contributed by atoms with van der Waals surface area (Å²) in [7, 11) is 1.10. The Labute approximate surface area is 207 Å². The van der Waals surface area contributed by atoms with Gasteiger partial charge in [-0.25, -0.2) is 19.3 Å². The van der Waals surface area contributed by atoms with Crippen LogP contribution in [0.15, 0.2) is 58.5 Å². The van der Waals surface area contributed by atoms with Crippen molar-refractivity contribution in [2.24, 2.45) is 0 Å². The SMILES string of the molecule is COC(=O)C1=C(C)N(c2cccc(C(F)(F)F)c2)c2n[nH]c(=O)n2[C@@H]1c1ccc(C#N)cc1C(O)CO. The Morgan fingerprint density at radius 1 is 1.30 bits per heavy atom. The molecule has 0 spiro atoms. The molecule has 4 rings (SSSR count). The highest BCUT2D eigenvalue weighted by Crippen LogP contribution is 2.44. The van der Waals surface area contributed by atoms with Crippen LogP contribution in [-0.2, 0) is 15.7 Å². The average molecular weight is 515 g/mol. The highest BCUT2D eigenvalue weighted by Gasteiger charge is 2.41. The summed E-state index contributed by atoms with van der Waals surface area (Å²) in [5.41, 5.74) is -1.43. The number of H-pyrrole nitrogens is 1. The number of aliphatic hydroxyl groups is 2. The van der Waals surface area contributed by atoms with E-state index in [-0.39, 0.29) is 39.6 Å². The van der Waals surface area contributed by atoms with Gasteiger partial charge in [0, 0.05) is 11.4 Å². The molecule has 3 aromatic rings. The fourth-order valence-corrected chi connectivity index (χ4v) is 4.36. The van der Waals surface area contributed by atoms with Crippen LogP contribution in [0, 0.1) is 11.3 Å². The molecule has 13 heteroatoms. The molecule has 1 unspecified atom stereocenters. The molecule has 2 heterocycles. The van der Waals surface area contributed by atoms with Crippen molar-refractivity contribution < 1.29 is 32.9 Å². The predicted octanol–water partition coefficient (Wildman–Crippen LogP) is 2.68.